The van der Waals surface area contributed by atoms with Crippen LogP contribution in [0.1, 0.15) is 34.1 Å². The van der Waals surface area contributed by atoms with Crippen LogP contribution in [0, 0.1) is 5.92 Å². The molecular weight excluding hydrogens is 524 g/mol. The number of fused-ring (bicyclic) bond motifs is 2. The van der Waals surface area contributed by atoms with Gasteiger partial charge in [0.2, 0.25) is 0 Å². The molecule has 11 heteroatoms. The van der Waals surface area contributed by atoms with Gasteiger partial charge in [0.25, 0.3) is 11.5 Å². The van der Waals surface area contributed by atoms with Crippen molar-refractivity contribution in [1.29, 1.82) is 0 Å². The van der Waals surface area contributed by atoms with E-state index in [-0.39, 0.29) is 41.8 Å². The third-order valence-corrected chi connectivity index (χ3v) is 6.58. The van der Waals surface area contributed by atoms with Crippen molar-refractivity contribution in [3.05, 3.63) is 99.5 Å². The molecule has 0 saturated heterocycles. The number of benzene rings is 2. The van der Waals surface area contributed by atoms with Crippen molar-refractivity contribution in [3.63, 3.8) is 0 Å². The van der Waals surface area contributed by atoms with Crippen LogP contribution in [-0.4, -0.2) is 26.9 Å². The van der Waals surface area contributed by atoms with Gasteiger partial charge < -0.3 is 9.47 Å². The monoisotopic (exact) mass is 545 g/mol. The average Bonchev–Trinajstić information content (AvgIpc) is 2.99. The van der Waals surface area contributed by atoms with Crippen molar-refractivity contribution in [2.45, 2.75) is 32.4 Å². The highest BCUT2D eigenvalue weighted by Gasteiger charge is 2.37. The van der Waals surface area contributed by atoms with Crippen LogP contribution in [-0.2, 0) is 25.4 Å². The molecule has 0 unspecified atom stereocenters. The van der Waals surface area contributed by atoms with Crippen LogP contribution >= 0.6 is 0 Å². The molecule has 2 aromatic carbocycles. The fourth-order valence-corrected chi connectivity index (χ4v) is 4.81. The van der Waals surface area contributed by atoms with E-state index < -0.39 is 41.5 Å². The molecule has 202 valence electrons. The van der Waals surface area contributed by atoms with Crippen LogP contribution in [0.5, 0.6) is 0 Å². The maximum absolute atomic E-state index is 13.5. The quantitative estimate of drug-likeness (QED) is 0.280. The number of alkyl halides is 6. The molecule has 1 aliphatic heterocycles. The van der Waals surface area contributed by atoms with E-state index in [2.05, 4.69) is 4.98 Å². The van der Waals surface area contributed by atoms with Crippen molar-refractivity contribution >= 4 is 16.8 Å². The molecule has 1 atom stereocenters. The van der Waals surface area contributed by atoms with Crippen LogP contribution in [0.3, 0.4) is 0 Å². The SMILES string of the molecule is C[C@H]1CN(Cc2cc(C(F)(F)F)cc(C(F)(F)F)c2)C(=O)c2cc3ccc(-c4ccccc4)nc3c(=O)n2C1. The van der Waals surface area contributed by atoms with Crippen molar-refractivity contribution in [3.8, 4) is 11.3 Å². The lowest BCUT2D eigenvalue weighted by Crippen LogP contribution is -2.33. The Morgan fingerprint density at radius 3 is 2.10 bits per heavy atom. The van der Waals surface area contributed by atoms with E-state index in [4.69, 9.17) is 0 Å². The lowest BCUT2D eigenvalue weighted by molar-refractivity contribution is -0.143. The highest BCUT2D eigenvalue weighted by Crippen LogP contribution is 2.37. The zero-order valence-corrected chi connectivity index (χ0v) is 20.5. The summed E-state index contributed by atoms with van der Waals surface area (Å²) in [7, 11) is 0. The van der Waals surface area contributed by atoms with E-state index in [0.717, 1.165) is 5.56 Å². The van der Waals surface area contributed by atoms with Gasteiger partial charge >= 0.3 is 12.4 Å². The van der Waals surface area contributed by atoms with E-state index in [0.29, 0.717) is 23.2 Å². The maximum Gasteiger partial charge on any atom is 0.416 e. The second kappa shape index (κ2) is 9.55. The van der Waals surface area contributed by atoms with Crippen LogP contribution in [0.25, 0.3) is 22.2 Å². The van der Waals surface area contributed by atoms with Crippen LogP contribution in [0.15, 0.2) is 71.5 Å². The second-order valence-corrected chi connectivity index (χ2v) is 9.65. The van der Waals surface area contributed by atoms with Crippen molar-refractivity contribution in [2.24, 2.45) is 5.92 Å². The molecule has 3 heterocycles. The lowest BCUT2D eigenvalue weighted by atomic mass is 10.0. The summed E-state index contributed by atoms with van der Waals surface area (Å²) < 4.78 is 81.4. The minimum absolute atomic E-state index is 0.00543. The van der Waals surface area contributed by atoms with Gasteiger partial charge in [0, 0.05) is 30.6 Å². The van der Waals surface area contributed by atoms with E-state index in [1.807, 2.05) is 30.3 Å². The smallest absolute Gasteiger partial charge is 0.333 e. The Balaban J connectivity index is 1.56. The Bertz CT molecular complexity index is 1590. The number of halogens is 6. The van der Waals surface area contributed by atoms with Gasteiger partial charge in [0.1, 0.15) is 11.2 Å². The van der Waals surface area contributed by atoms with Crippen LogP contribution in [0.4, 0.5) is 26.3 Å². The largest absolute Gasteiger partial charge is 0.416 e. The number of nitrogens with zero attached hydrogens (tertiary/aromatic N) is 3. The van der Waals surface area contributed by atoms with Crippen LogP contribution < -0.4 is 5.56 Å². The molecular formula is C28H21F6N3O2. The van der Waals surface area contributed by atoms with Crippen LogP contribution in [0.2, 0.25) is 0 Å². The van der Waals surface area contributed by atoms with Gasteiger partial charge in [-0.05, 0) is 41.8 Å². The summed E-state index contributed by atoms with van der Waals surface area (Å²) in [4.78, 5) is 32.7. The zero-order valence-electron chi connectivity index (χ0n) is 20.5. The first-order valence-corrected chi connectivity index (χ1v) is 12.0. The highest BCUT2D eigenvalue weighted by molar-refractivity contribution is 5.96. The van der Waals surface area contributed by atoms with Gasteiger partial charge in [-0.25, -0.2) is 4.98 Å². The number of pyridine rings is 2. The normalized spacial score (nSPS) is 16.3. The molecule has 5 nitrogen and oxygen atoms in total. The summed E-state index contributed by atoms with van der Waals surface area (Å²) in [6, 6.07) is 15.3. The first-order chi connectivity index (χ1) is 18.3. The molecule has 0 N–H and O–H groups in total. The molecule has 0 saturated carbocycles. The average molecular weight is 545 g/mol. The molecule has 0 spiro atoms. The third-order valence-electron chi connectivity index (χ3n) is 6.58. The van der Waals surface area contributed by atoms with Gasteiger partial charge in [-0.2, -0.15) is 26.3 Å². The minimum atomic E-state index is -5.00. The fraction of sp³-hybridized carbons (Fsp3) is 0.250. The van der Waals surface area contributed by atoms with Gasteiger partial charge in [-0.1, -0.05) is 43.3 Å². The molecule has 39 heavy (non-hydrogen) atoms. The molecule has 1 amide bonds. The van der Waals surface area contributed by atoms with E-state index >= 15 is 0 Å². The molecule has 1 aliphatic rings. The van der Waals surface area contributed by atoms with E-state index in [1.165, 1.54) is 15.5 Å². The van der Waals surface area contributed by atoms with Crippen molar-refractivity contribution in [2.75, 3.05) is 6.54 Å². The van der Waals surface area contributed by atoms with Gasteiger partial charge in [-0.15, -0.1) is 0 Å². The lowest BCUT2D eigenvalue weighted by Gasteiger charge is -2.24. The summed E-state index contributed by atoms with van der Waals surface area (Å²) in [6.45, 7) is 1.40. The first kappa shape index (κ1) is 26.5. The second-order valence-electron chi connectivity index (χ2n) is 9.65. The number of hydrogen-bond donors (Lipinski definition) is 0. The van der Waals surface area contributed by atoms with Crippen molar-refractivity contribution in [1.82, 2.24) is 14.5 Å². The number of carbonyl (C=O) groups excluding carboxylic acids is 1. The standard InChI is InChI=1S/C28H21F6N3O2/c1-16-13-36(15-17-9-20(27(29,30)31)12-21(10-17)28(32,33)34)25(38)23-11-19-7-8-22(18-5-3-2-4-6-18)35-24(19)26(39)37(23)14-16/h2-12,16H,13-15H2,1H3/t16-/m0/s1. The highest BCUT2D eigenvalue weighted by atomic mass is 19.4. The molecule has 2 aromatic heterocycles. The Morgan fingerprint density at radius 2 is 1.49 bits per heavy atom. The number of amides is 1. The number of hydrogen-bond acceptors (Lipinski definition) is 3. The van der Waals surface area contributed by atoms with E-state index in [1.54, 1.807) is 19.1 Å². The van der Waals surface area contributed by atoms with Gasteiger partial charge in [0.15, 0.2) is 0 Å². The van der Waals surface area contributed by atoms with E-state index in [9.17, 15) is 35.9 Å². The topological polar surface area (TPSA) is 55.2 Å². The number of rotatable bonds is 3. The third kappa shape index (κ3) is 5.25. The summed E-state index contributed by atoms with van der Waals surface area (Å²) >= 11 is 0. The van der Waals surface area contributed by atoms with Gasteiger partial charge in [0.05, 0.1) is 16.8 Å². The molecule has 0 radical (unpaired) electrons. The maximum atomic E-state index is 13.5. The summed E-state index contributed by atoms with van der Waals surface area (Å²) in [5, 5.41) is 0.396. The number of carbonyl (C=O) groups is 1. The first-order valence-electron chi connectivity index (χ1n) is 12.0. The Kier molecular flexibility index (Phi) is 6.48. The Morgan fingerprint density at radius 1 is 0.846 bits per heavy atom. The zero-order chi connectivity index (χ0) is 28.1. The summed E-state index contributed by atoms with van der Waals surface area (Å²) in [5.74, 6) is -0.994. The summed E-state index contributed by atoms with van der Waals surface area (Å²) in [5.41, 5.74) is -2.20. The Hall–Kier alpha value is -4.15. The predicted octanol–water partition coefficient (Wildman–Crippen LogP) is 6.39. The molecule has 4 aromatic rings. The summed E-state index contributed by atoms with van der Waals surface area (Å²) in [6.07, 6.45) is -10.0. The molecule has 0 fully saturated rings. The molecule has 0 bridgehead atoms. The number of aromatic nitrogens is 2. The molecule has 5 rings (SSSR count). The van der Waals surface area contributed by atoms with Crippen molar-refractivity contribution < 1.29 is 31.1 Å². The molecule has 0 aliphatic carbocycles. The Labute approximate surface area is 218 Å². The minimum Gasteiger partial charge on any atom is -0.333 e. The fourth-order valence-electron chi connectivity index (χ4n) is 4.81. The predicted molar refractivity (Wildman–Crippen MR) is 132 cm³/mol. The van der Waals surface area contributed by atoms with Gasteiger partial charge in [-0.3, -0.25) is 9.59 Å².